The van der Waals surface area contributed by atoms with E-state index < -0.39 is 0 Å². The molecule has 66 valence electrons. The van der Waals surface area contributed by atoms with E-state index in [0.717, 1.165) is 5.69 Å². The average Bonchev–Trinajstić information content (AvgIpc) is 2.62. The summed E-state index contributed by atoms with van der Waals surface area (Å²) in [5.74, 6) is 0. The van der Waals surface area contributed by atoms with E-state index >= 15 is 0 Å². The molecule has 1 aromatic heterocycles. The first-order chi connectivity index (χ1) is 6.27. The predicted molar refractivity (Wildman–Crippen MR) is 53.0 cm³/mol. The first-order valence-electron chi connectivity index (χ1n) is 3.81. The quantitative estimate of drug-likeness (QED) is 0.705. The van der Waals surface area contributed by atoms with Crippen LogP contribution in [-0.2, 0) is 0 Å². The molecule has 2 N–H and O–H groups in total. The van der Waals surface area contributed by atoms with Gasteiger partial charge in [-0.15, -0.1) is 0 Å². The molecular formula is C9H8ClN3. The zero-order chi connectivity index (χ0) is 9.26. The number of benzene rings is 1. The lowest BCUT2D eigenvalue weighted by molar-refractivity contribution is 1.06. The molecular weight excluding hydrogens is 186 g/mol. The van der Waals surface area contributed by atoms with Crippen molar-refractivity contribution in [3.8, 4) is 5.69 Å². The summed E-state index contributed by atoms with van der Waals surface area (Å²) in [4.78, 5) is 3.94. The van der Waals surface area contributed by atoms with Crippen molar-refractivity contribution in [3.63, 3.8) is 0 Å². The fourth-order valence-corrected chi connectivity index (χ4v) is 1.26. The average molecular weight is 194 g/mol. The van der Waals surface area contributed by atoms with E-state index in [0.29, 0.717) is 10.7 Å². The Hall–Kier alpha value is -1.48. The zero-order valence-electron chi connectivity index (χ0n) is 6.81. The van der Waals surface area contributed by atoms with Crippen LogP contribution in [0, 0.1) is 0 Å². The van der Waals surface area contributed by atoms with Crippen LogP contribution in [0.1, 0.15) is 0 Å². The highest BCUT2D eigenvalue weighted by Gasteiger charge is 1.99. The smallest absolute Gasteiger partial charge is 0.0991 e. The number of halogens is 1. The lowest BCUT2D eigenvalue weighted by Crippen LogP contribution is -1.92. The van der Waals surface area contributed by atoms with Crippen LogP contribution in [0.3, 0.4) is 0 Å². The Balaban J connectivity index is 2.49. The second-order valence-electron chi connectivity index (χ2n) is 2.68. The van der Waals surface area contributed by atoms with Crippen molar-refractivity contribution in [2.45, 2.75) is 0 Å². The second kappa shape index (κ2) is 3.11. The summed E-state index contributed by atoms with van der Waals surface area (Å²) in [6.07, 6.45) is 5.27. The number of hydrogen-bond donors (Lipinski definition) is 1. The number of anilines is 1. The predicted octanol–water partition coefficient (Wildman–Crippen LogP) is 2.11. The molecule has 0 radical (unpaired) electrons. The van der Waals surface area contributed by atoms with Gasteiger partial charge in [0.2, 0.25) is 0 Å². The molecule has 0 aliphatic carbocycles. The maximum Gasteiger partial charge on any atom is 0.0991 e. The maximum absolute atomic E-state index is 5.87. The van der Waals surface area contributed by atoms with Crippen molar-refractivity contribution in [1.82, 2.24) is 9.55 Å². The van der Waals surface area contributed by atoms with Gasteiger partial charge in [0.05, 0.1) is 17.0 Å². The van der Waals surface area contributed by atoms with Gasteiger partial charge in [0, 0.05) is 18.1 Å². The fraction of sp³-hybridized carbons (Fsp3) is 0. The summed E-state index contributed by atoms with van der Waals surface area (Å²) in [5, 5.41) is 0.561. The Kier molecular flexibility index (Phi) is 1.94. The molecule has 0 spiro atoms. The lowest BCUT2D eigenvalue weighted by Gasteiger charge is -2.03. The Bertz CT molecular complexity index is 409. The molecule has 13 heavy (non-hydrogen) atoms. The molecule has 0 amide bonds. The van der Waals surface area contributed by atoms with Gasteiger partial charge >= 0.3 is 0 Å². The number of aromatic nitrogens is 2. The minimum atomic E-state index is 0.561. The number of imidazole rings is 1. The molecule has 2 aromatic rings. The van der Waals surface area contributed by atoms with E-state index in [4.69, 9.17) is 17.3 Å². The molecule has 0 saturated carbocycles. The first-order valence-corrected chi connectivity index (χ1v) is 4.18. The number of nitrogens with zero attached hydrogens (tertiary/aromatic N) is 2. The van der Waals surface area contributed by atoms with Crippen molar-refractivity contribution in [2.75, 3.05) is 5.73 Å². The van der Waals surface area contributed by atoms with E-state index in [1.807, 2.05) is 16.8 Å². The molecule has 0 fully saturated rings. The summed E-state index contributed by atoms with van der Waals surface area (Å²) in [6.45, 7) is 0. The lowest BCUT2D eigenvalue weighted by atomic mass is 10.3. The highest BCUT2D eigenvalue weighted by Crippen LogP contribution is 2.21. The Morgan fingerprint density at radius 2 is 2.23 bits per heavy atom. The van der Waals surface area contributed by atoms with Crippen molar-refractivity contribution in [3.05, 3.63) is 41.9 Å². The molecule has 2 rings (SSSR count). The van der Waals surface area contributed by atoms with Crippen molar-refractivity contribution in [2.24, 2.45) is 0 Å². The molecule has 1 heterocycles. The van der Waals surface area contributed by atoms with Crippen LogP contribution in [0.5, 0.6) is 0 Å². The van der Waals surface area contributed by atoms with Crippen LogP contribution in [0.2, 0.25) is 5.02 Å². The Morgan fingerprint density at radius 1 is 1.38 bits per heavy atom. The first kappa shape index (κ1) is 8.13. The number of nitrogens with two attached hydrogens (primary N) is 1. The fourth-order valence-electron chi connectivity index (χ4n) is 1.09. The highest BCUT2D eigenvalue weighted by atomic mass is 35.5. The summed E-state index contributed by atoms with van der Waals surface area (Å²) < 4.78 is 1.87. The van der Waals surface area contributed by atoms with Gasteiger partial charge < -0.3 is 10.3 Å². The number of rotatable bonds is 1. The maximum atomic E-state index is 5.87. The van der Waals surface area contributed by atoms with Gasteiger partial charge in [0.15, 0.2) is 0 Å². The van der Waals surface area contributed by atoms with Gasteiger partial charge in [-0.05, 0) is 18.2 Å². The van der Waals surface area contributed by atoms with E-state index in [9.17, 15) is 0 Å². The Labute approximate surface area is 80.8 Å². The zero-order valence-corrected chi connectivity index (χ0v) is 7.57. The molecule has 0 aliphatic heterocycles. The number of hydrogen-bond acceptors (Lipinski definition) is 2. The molecule has 0 saturated heterocycles. The van der Waals surface area contributed by atoms with Crippen molar-refractivity contribution >= 4 is 17.3 Å². The third-order valence-corrected chi connectivity index (χ3v) is 2.11. The van der Waals surface area contributed by atoms with Crippen LogP contribution in [-0.4, -0.2) is 9.55 Å². The molecule has 1 aromatic carbocycles. The third kappa shape index (κ3) is 1.51. The van der Waals surface area contributed by atoms with E-state index in [1.165, 1.54) is 0 Å². The summed E-state index contributed by atoms with van der Waals surface area (Å²) in [5.41, 5.74) is 7.13. The Morgan fingerprint density at radius 3 is 2.85 bits per heavy atom. The van der Waals surface area contributed by atoms with Crippen LogP contribution in [0.15, 0.2) is 36.9 Å². The van der Waals surface area contributed by atoms with Gasteiger partial charge in [-0.1, -0.05) is 11.6 Å². The topological polar surface area (TPSA) is 43.8 Å². The van der Waals surface area contributed by atoms with Crippen LogP contribution >= 0.6 is 11.6 Å². The second-order valence-corrected chi connectivity index (χ2v) is 3.08. The molecule has 0 unspecified atom stereocenters. The highest BCUT2D eigenvalue weighted by molar-refractivity contribution is 6.33. The molecule has 0 atom stereocenters. The van der Waals surface area contributed by atoms with Gasteiger partial charge in [-0.2, -0.15) is 0 Å². The molecule has 0 bridgehead atoms. The van der Waals surface area contributed by atoms with Crippen LogP contribution in [0.4, 0.5) is 5.69 Å². The standard InChI is InChI=1S/C9H8ClN3/c10-8-5-7(1-2-9(8)11)13-4-3-12-6-13/h1-6H,11H2. The monoisotopic (exact) mass is 193 g/mol. The van der Waals surface area contributed by atoms with Crippen molar-refractivity contribution < 1.29 is 0 Å². The van der Waals surface area contributed by atoms with Gasteiger partial charge in [-0.3, -0.25) is 0 Å². The molecule has 3 nitrogen and oxygen atoms in total. The minimum absolute atomic E-state index is 0.561. The third-order valence-electron chi connectivity index (χ3n) is 1.79. The number of nitrogen functional groups attached to an aromatic ring is 1. The van der Waals surface area contributed by atoms with Crippen LogP contribution in [0.25, 0.3) is 5.69 Å². The van der Waals surface area contributed by atoms with E-state index in [-0.39, 0.29) is 0 Å². The summed E-state index contributed by atoms with van der Waals surface area (Å²) in [7, 11) is 0. The van der Waals surface area contributed by atoms with Gasteiger partial charge in [0.1, 0.15) is 0 Å². The normalized spacial score (nSPS) is 10.2. The largest absolute Gasteiger partial charge is 0.398 e. The minimum Gasteiger partial charge on any atom is -0.398 e. The van der Waals surface area contributed by atoms with E-state index in [2.05, 4.69) is 4.98 Å². The molecule has 0 aliphatic rings. The SMILES string of the molecule is Nc1ccc(-n2ccnc2)cc1Cl. The summed E-state index contributed by atoms with van der Waals surface area (Å²) >= 11 is 5.87. The van der Waals surface area contributed by atoms with E-state index in [1.54, 1.807) is 24.7 Å². The van der Waals surface area contributed by atoms with Gasteiger partial charge in [-0.25, -0.2) is 4.98 Å². The molecule has 4 heteroatoms. The van der Waals surface area contributed by atoms with Gasteiger partial charge in [0.25, 0.3) is 0 Å². The summed E-state index contributed by atoms with van der Waals surface area (Å²) in [6, 6.07) is 5.47. The van der Waals surface area contributed by atoms with Crippen molar-refractivity contribution in [1.29, 1.82) is 0 Å². The van der Waals surface area contributed by atoms with Crippen LogP contribution < -0.4 is 5.73 Å².